The minimum atomic E-state index is -2.68. The lowest BCUT2D eigenvalue weighted by atomic mass is 10.6. The van der Waals surface area contributed by atoms with E-state index in [1.165, 1.54) is 0 Å². The van der Waals surface area contributed by atoms with E-state index in [9.17, 15) is 13.2 Å². The Morgan fingerprint density at radius 3 is 2.85 bits per heavy atom. The average molecular weight is 193 g/mol. The molecule has 0 radical (unpaired) electrons. The van der Waals surface area contributed by atoms with E-state index in [0.717, 1.165) is 6.20 Å². The van der Waals surface area contributed by atoms with Crippen LogP contribution in [0.15, 0.2) is 6.20 Å². The molecule has 0 aliphatic heterocycles. The zero-order valence-corrected chi connectivity index (χ0v) is 6.38. The van der Waals surface area contributed by atoms with Crippen molar-refractivity contribution in [2.24, 2.45) is 0 Å². The molecular formula is C6H6F3N3O. The molecule has 1 aromatic rings. The predicted molar refractivity (Wildman–Crippen MR) is 37.9 cm³/mol. The number of alkyl halides is 2. The van der Waals surface area contributed by atoms with E-state index in [-0.39, 0.29) is 5.95 Å². The van der Waals surface area contributed by atoms with Crippen molar-refractivity contribution >= 4 is 5.95 Å². The second-order valence-electron chi connectivity index (χ2n) is 2.08. The van der Waals surface area contributed by atoms with E-state index in [0.29, 0.717) is 0 Å². The molecule has 0 bridgehead atoms. The molecule has 2 N–H and O–H groups in total. The predicted octanol–water partition coefficient (Wildman–Crippen LogP) is 0.842. The summed E-state index contributed by atoms with van der Waals surface area (Å²) in [7, 11) is 0. The first-order valence-corrected chi connectivity index (χ1v) is 3.28. The molecule has 0 amide bonds. The molecule has 0 aromatic carbocycles. The first kappa shape index (κ1) is 9.56. The third kappa shape index (κ3) is 2.77. The maximum atomic E-state index is 12.7. The zero-order chi connectivity index (χ0) is 9.84. The number of ether oxygens (including phenoxy) is 1. The van der Waals surface area contributed by atoms with E-state index in [4.69, 9.17) is 5.73 Å². The van der Waals surface area contributed by atoms with Gasteiger partial charge in [0, 0.05) is 0 Å². The molecule has 4 nitrogen and oxygen atoms in total. The minimum Gasteiger partial charge on any atom is -0.469 e. The van der Waals surface area contributed by atoms with Gasteiger partial charge in [0.2, 0.25) is 11.8 Å². The minimum absolute atomic E-state index is 0.231. The van der Waals surface area contributed by atoms with Gasteiger partial charge in [0.05, 0.1) is 6.20 Å². The lowest BCUT2D eigenvalue weighted by Gasteiger charge is -2.04. The number of hydrogen-bond acceptors (Lipinski definition) is 4. The Morgan fingerprint density at radius 1 is 1.54 bits per heavy atom. The normalized spacial score (nSPS) is 10.5. The van der Waals surface area contributed by atoms with Gasteiger partial charge in [0.1, 0.15) is 0 Å². The number of nitrogens with two attached hydrogens (primary N) is 1. The average Bonchev–Trinajstić information content (AvgIpc) is 2.06. The molecule has 0 saturated carbocycles. The molecule has 1 heterocycles. The van der Waals surface area contributed by atoms with Gasteiger partial charge in [-0.3, -0.25) is 0 Å². The van der Waals surface area contributed by atoms with Crippen molar-refractivity contribution in [1.29, 1.82) is 0 Å². The molecule has 0 aliphatic carbocycles. The quantitative estimate of drug-likeness (QED) is 0.772. The fourth-order valence-electron chi connectivity index (χ4n) is 0.607. The first-order chi connectivity index (χ1) is 6.09. The Balaban J connectivity index is 2.70. The van der Waals surface area contributed by atoms with Gasteiger partial charge in [0.25, 0.3) is 12.3 Å². The zero-order valence-electron chi connectivity index (χ0n) is 6.38. The molecule has 0 aliphatic rings. The van der Waals surface area contributed by atoms with E-state index in [1.807, 2.05) is 0 Å². The van der Waals surface area contributed by atoms with Gasteiger partial charge < -0.3 is 10.5 Å². The first-order valence-electron chi connectivity index (χ1n) is 3.28. The number of halogens is 3. The van der Waals surface area contributed by atoms with Crippen LogP contribution in [0.5, 0.6) is 5.88 Å². The highest BCUT2D eigenvalue weighted by atomic mass is 19.3. The van der Waals surface area contributed by atoms with Gasteiger partial charge >= 0.3 is 0 Å². The van der Waals surface area contributed by atoms with Gasteiger partial charge in [-0.25, -0.2) is 13.8 Å². The Labute approximate surface area is 71.6 Å². The van der Waals surface area contributed by atoms with Crippen molar-refractivity contribution < 1.29 is 17.9 Å². The van der Waals surface area contributed by atoms with Crippen molar-refractivity contribution in [2.75, 3.05) is 12.3 Å². The molecule has 1 aromatic heterocycles. The summed E-state index contributed by atoms with van der Waals surface area (Å²) in [6, 6.07) is 0. The maximum Gasteiger partial charge on any atom is 0.272 e. The van der Waals surface area contributed by atoms with Gasteiger partial charge in [0.15, 0.2) is 6.61 Å². The van der Waals surface area contributed by atoms with E-state index in [2.05, 4.69) is 14.7 Å². The van der Waals surface area contributed by atoms with E-state index in [1.54, 1.807) is 0 Å². The number of rotatable bonds is 3. The molecular weight excluding hydrogens is 187 g/mol. The summed E-state index contributed by atoms with van der Waals surface area (Å²) in [4.78, 5) is 6.57. The summed E-state index contributed by atoms with van der Waals surface area (Å²) in [5, 5.41) is 0. The van der Waals surface area contributed by atoms with Crippen molar-refractivity contribution in [2.45, 2.75) is 6.43 Å². The molecule has 0 spiro atoms. The Hall–Kier alpha value is -1.53. The van der Waals surface area contributed by atoms with Crippen LogP contribution < -0.4 is 10.5 Å². The molecule has 72 valence electrons. The molecule has 7 heteroatoms. The maximum absolute atomic E-state index is 12.7. The lowest BCUT2D eigenvalue weighted by Crippen LogP contribution is -2.10. The van der Waals surface area contributed by atoms with Crippen LogP contribution in [0.4, 0.5) is 19.1 Å². The lowest BCUT2D eigenvalue weighted by molar-refractivity contribution is 0.0773. The number of nitrogen functional groups attached to an aromatic ring is 1. The second-order valence-corrected chi connectivity index (χ2v) is 2.08. The van der Waals surface area contributed by atoms with Gasteiger partial charge in [-0.2, -0.15) is 9.37 Å². The molecule has 0 unspecified atom stereocenters. The standard InChI is InChI=1S/C6H6F3N3O/c7-3-1-11-6(10)12-5(3)13-2-4(8)9/h1,4H,2H2,(H2,10,11,12). The summed E-state index contributed by atoms with van der Waals surface area (Å²) >= 11 is 0. The number of hydrogen-bond donors (Lipinski definition) is 1. The molecule has 0 fully saturated rings. The topological polar surface area (TPSA) is 61.0 Å². The highest BCUT2D eigenvalue weighted by molar-refractivity contribution is 5.22. The highest BCUT2D eigenvalue weighted by Crippen LogP contribution is 2.13. The van der Waals surface area contributed by atoms with Crippen molar-refractivity contribution in [3.8, 4) is 5.88 Å². The van der Waals surface area contributed by atoms with Crippen LogP contribution in [0.2, 0.25) is 0 Å². The van der Waals surface area contributed by atoms with Crippen LogP contribution in [0.3, 0.4) is 0 Å². The van der Waals surface area contributed by atoms with Gasteiger partial charge in [-0.15, -0.1) is 0 Å². The monoisotopic (exact) mass is 193 g/mol. The third-order valence-corrected chi connectivity index (χ3v) is 1.08. The Bertz CT molecular complexity index is 294. The molecule has 0 atom stereocenters. The van der Waals surface area contributed by atoms with Crippen molar-refractivity contribution in [3.05, 3.63) is 12.0 Å². The Morgan fingerprint density at radius 2 is 2.23 bits per heavy atom. The smallest absolute Gasteiger partial charge is 0.272 e. The summed E-state index contributed by atoms with van der Waals surface area (Å²) in [6.07, 6.45) is -1.93. The third-order valence-electron chi connectivity index (χ3n) is 1.08. The van der Waals surface area contributed by atoms with Crippen molar-refractivity contribution in [3.63, 3.8) is 0 Å². The van der Waals surface area contributed by atoms with Crippen LogP contribution >= 0.6 is 0 Å². The Kier molecular flexibility index (Phi) is 2.88. The van der Waals surface area contributed by atoms with Crippen LogP contribution in [-0.2, 0) is 0 Å². The summed E-state index contributed by atoms with van der Waals surface area (Å²) in [5.41, 5.74) is 5.08. The van der Waals surface area contributed by atoms with Gasteiger partial charge in [-0.1, -0.05) is 0 Å². The molecule has 0 saturated heterocycles. The van der Waals surface area contributed by atoms with Crippen LogP contribution in [0.1, 0.15) is 0 Å². The fourth-order valence-corrected chi connectivity index (χ4v) is 0.607. The van der Waals surface area contributed by atoms with Crippen molar-refractivity contribution in [1.82, 2.24) is 9.97 Å². The summed E-state index contributed by atoms with van der Waals surface area (Å²) < 4.78 is 40.3. The largest absolute Gasteiger partial charge is 0.469 e. The second kappa shape index (κ2) is 3.92. The number of nitrogens with zero attached hydrogens (tertiary/aromatic N) is 2. The number of aromatic nitrogens is 2. The van der Waals surface area contributed by atoms with E-state index < -0.39 is 24.7 Å². The SMILES string of the molecule is Nc1ncc(F)c(OCC(F)F)n1. The van der Waals surface area contributed by atoms with Crippen LogP contribution in [-0.4, -0.2) is 23.0 Å². The number of anilines is 1. The van der Waals surface area contributed by atoms with Gasteiger partial charge in [-0.05, 0) is 0 Å². The fraction of sp³-hybridized carbons (Fsp3) is 0.333. The van der Waals surface area contributed by atoms with E-state index >= 15 is 0 Å². The van der Waals surface area contributed by atoms with Crippen LogP contribution in [0.25, 0.3) is 0 Å². The molecule has 13 heavy (non-hydrogen) atoms. The molecule has 1 rings (SSSR count). The summed E-state index contributed by atoms with van der Waals surface area (Å²) in [6.45, 7) is -0.923. The van der Waals surface area contributed by atoms with Crippen LogP contribution in [0, 0.1) is 5.82 Å². The highest BCUT2D eigenvalue weighted by Gasteiger charge is 2.09. The summed E-state index contributed by atoms with van der Waals surface area (Å²) in [5.74, 6) is -1.71.